The van der Waals surface area contributed by atoms with Gasteiger partial charge in [0.15, 0.2) is 25.5 Å². The van der Waals surface area contributed by atoms with Crippen molar-refractivity contribution in [2.45, 2.75) is 19.5 Å². The maximum Gasteiger partial charge on any atom is 0.277 e. The van der Waals surface area contributed by atoms with Crippen LogP contribution in [0.5, 0.6) is 11.5 Å². The Morgan fingerprint density at radius 2 is 0.943 bits per heavy atom. The number of methoxy groups -OCH3 is 2. The Morgan fingerprint density at radius 1 is 0.543 bits per heavy atom. The van der Waals surface area contributed by atoms with Crippen molar-refractivity contribution >= 4 is 24.3 Å². The second kappa shape index (κ2) is 10.4. The lowest BCUT2D eigenvalue weighted by Crippen LogP contribution is -2.37. The number of aryl methyl sites for hydroxylation is 2. The van der Waals surface area contributed by atoms with Crippen LogP contribution in [-0.4, -0.2) is 14.2 Å². The summed E-state index contributed by atoms with van der Waals surface area (Å²) >= 11 is 0. The van der Waals surface area contributed by atoms with Crippen molar-refractivity contribution in [2.24, 2.45) is 0 Å². The zero-order chi connectivity index (χ0) is 24.0. The number of pyridine rings is 2. The van der Waals surface area contributed by atoms with Crippen LogP contribution in [0.1, 0.15) is 28.7 Å². The van der Waals surface area contributed by atoms with Crippen LogP contribution in [0, 0.1) is 0 Å². The molecule has 0 atom stereocenters. The molecule has 4 nitrogen and oxygen atoms in total. The van der Waals surface area contributed by atoms with Gasteiger partial charge in [0.25, 0.3) is 11.4 Å². The Hall–Kier alpha value is -4.18. The maximum atomic E-state index is 5.26. The fourth-order valence-corrected chi connectivity index (χ4v) is 4.36. The summed E-state index contributed by atoms with van der Waals surface area (Å²) in [6, 6.07) is 25.2. The number of fused-ring (bicyclic) bond motifs is 3. The van der Waals surface area contributed by atoms with Gasteiger partial charge in [0.2, 0.25) is 0 Å². The number of hydrogen-bond donors (Lipinski definition) is 0. The van der Waals surface area contributed by atoms with Gasteiger partial charge in [0.05, 0.1) is 20.6 Å². The highest BCUT2D eigenvalue weighted by atomic mass is 16.5. The fraction of sp³-hybridized carbons (Fsp3) is 0.161. The van der Waals surface area contributed by atoms with Crippen LogP contribution in [0.3, 0.4) is 0 Å². The lowest BCUT2D eigenvalue weighted by atomic mass is 10.1. The summed E-state index contributed by atoms with van der Waals surface area (Å²) in [6.45, 7) is 2.02. The third-order valence-electron chi connectivity index (χ3n) is 6.35. The number of rotatable bonds is 6. The van der Waals surface area contributed by atoms with Gasteiger partial charge in [0.1, 0.15) is 11.5 Å². The monoisotopic (exact) mass is 462 g/mol. The van der Waals surface area contributed by atoms with E-state index in [0.717, 1.165) is 42.1 Å². The van der Waals surface area contributed by atoms with Crippen molar-refractivity contribution in [3.05, 3.63) is 107 Å². The molecule has 2 aromatic heterocycles. The van der Waals surface area contributed by atoms with E-state index in [0.29, 0.717) is 0 Å². The van der Waals surface area contributed by atoms with Gasteiger partial charge in [-0.3, -0.25) is 0 Å². The van der Waals surface area contributed by atoms with Crippen molar-refractivity contribution in [3.63, 3.8) is 0 Å². The standard InChI is InChI=1S/C31H30N2O2/c1-34-28-12-8-24(9-13-28)4-6-26-16-20-32-18-3-19-33-21-17-27(23-31(33)30(32)22-26)7-5-25-10-14-29(35-2)15-11-25/h4-17,20-23H,3,18-19H2,1-2H3/q+2/b6-4+,7-5+. The molecule has 0 bridgehead atoms. The third-order valence-corrected chi connectivity index (χ3v) is 6.35. The van der Waals surface area contributed by atoms with Crippen molar-refractivity contribution in [2.75, 3.05) is 14.2 Å². The Morgan fingerprint density at radius 3 is 1.34 bits per heavy atom. The highest BCUT2D eigenvalue weighted by molar-refractivity contribution is 5.73. The number of aromatic nitrogens is 2. The lowest BCUT2D eigenvalue weighted by Gasteiger charge is -2.03. The first-order valence-electron chi connectivity index (χ1n) is 11.9. The largest absolute Gasteiger partial charge is 0.497 e. The molecule has 5 rings (SSSR count). The highest BCUT2D eigenvalue weighted by Gasteiger charge is 2.27. The van der Waals surface area contributed by atoms with Crippen molar-refractivity contribution in [1.29, 1.82) is 0 Å². The van der Waals surface area contributed by atoms with Crippen molar-refractivity contribution in [3.8, 4) is 22.9 Å². The van der Waals surface area contributed by atoms with E-state index in [2.05, 4.69) is 94.4 Å². The fourth-order valence-electron chi connectivity index (χ4n) is 4.36. The van der Waals surface area contributed by atoms with Gasteiger partial charge in [-0.15, -0.1) is 0 Å². The first kappa shape index (κ1) is 22.6. The van der Waals surface area contributed by atoms with Crippen LogP contribution in [0.25, 0.3) is 35.7 Å². The zero-order valence-corrected chi connectivity index (χ0v) is 20.2. The molecule has 0 amide bonds. The van der Waals surface area contributed by atoms with Gasteiger partial charge in [-0.05, 0) is 46.5 Å². The Bertz CT molecular complexity index is 1260. The third kappa shape index (κ3) is 5.33. The molecule has 2 aromatic carbocycles. The molecule has 0 aliphatic carbocycles. The van der Waals surface area contributed by atoms with Crippen LogP contribution >= 0.6 is 0 Å². The zero-order valence-electron chi connectivity index (χ0n) is 20.2. The Labute approximate surface area is 207 Å². The molecular weight excluding hydrogens is 432 g/mol. The van der Waals surface area contributed by atoms with E-state index in [1.54, 1.807) is 14.2 Å². The summed E-state index contributed by atoms with van der Waals surface area (Å²) in [5.41, 5.74) is 7.13. The summed E-state index contributed by atoms with van der Waals surface area (Å²) in [5.74, 6) is 1.74. The summed E-state index contributed by atoms with van der Waals surface area (Å²) in [5, 5.41) is 0. The van der Waals surface area contributed by atoms with Crippen LogP contribution < -0.4 is 18.6 Å². The SMILES string of the molecule is COc1ccc(/C=C/c2cc[n+]3c(c2)-c2cc(/C=C/c4ccc(OC)cc4)cc[n+]2CCC3)cc1. The van der Waals surface area contributed by atoms with Crippen LogP contribution in [0.2, 0.25) is 0 Å². The van der Waals surface area contributed by atoms with Gasteiger partial charge < -0.3 is 9.47 Å². The van der Waals surface area contributed by atoms with Crippen LogP contribution in [0.15, 0.2) is 85.2 Å². The van der Waals surface area contributed by atoms with Crippen molar-refractivity contribution in [1.82, 2.24) is 0 Å². The molecule has 0 saturated heterocycles. The summed E-state index contributed by atoms with van der Waals surface area (Å²) in [6.07, 6.45) is 14.2. The number of hydrogen-bond acceptors (Lipinski definition) is 2. The molecule has 3 heterocycles. The summed E-state index contributed by atoms with van der Waals surface area (Å²) in [4.78, 5) is 0. The molecular formula is C31H30N2O2+2. The molecule has 174 valence electrons. The van der Waals surface area contributed by atoms with E-state index >= 15 is 0 Å². The van der Waals surface area contributed by atoms with Gasteiger partial charge in [-0.1, -0.05) is 48.6 Å². The number of nitrogens with zero attached hydrogens (tertiary/aromatic N) is 2. The molecule has 4 heteroatoms. The average molecular weight is 463 g/mol. The molecule has 0 saturated carbocycles. The second-order valence-electron chi connectivity index (χ2n) is 8.64. The Balaban J connectivity index is 1.44. The summed E-state index contributed by atoms with van der Waals surface area (Å²) < 4.78 is 15.2. The molecule has 0 spiro atoms. The van der Waals surface area contributed by atoms with E-state index in [1.807, 2.05) is 24.3 Å². The van der Waals surface area contributed by atoms with Crippen LogP contribution in [0.4, 0.5) is 0 Å². The molecule has 35 heavy (non-hydrogen) atoms. The molecule has 0 radical (unpaired) electrons. The van der Waals surface area contributed by atoms with Crippen LogP contribution in [-0.2, 0) is 13.1 Å². The molecule has 1 aliphatic heterocycles. The topological polar surface area (TPSA) is 26.2 Å². The van der Waals surface area contributed by atoms with E-state index in [4.69, 9.17) is 9.47 Å². The predicted molar refractivity (Wildman–Crippen MR) is 141 cm³/mol. The predicted octanol–water partition coefficient (Wildman–Crippen LogP) is 5.69. The van der Waals surface area contributed by atoms with E-state index in [9.17, 15) is 0 Å². The normalized spacial score (nSPS) is 12.9. The lowest BCUT2D eigenvalue weighted by molar-refractivity contribution is -0.688. The van der Waals surface area contributed by atoms with E-state index < -0.39 is 0 Å². The first-order valence-corrected chi connectivity index (χ1v) is 11.9. The molecule has 0 unspecified atom stereocenters. The molecule has 0 N–H and O–H groups in total. The smallest absolute Gasteiger partial charge is 0.277 e. The van der Waals surface area contributed by atoms with E-state index in [1.165, 1.54) is 22.5 Å². The van der Waals surface area contributed by atoms with Gasteiger partial charge in [0, 0.05) is 24.3 Å². The quantitative estimate of drug-likeness (QED) is 0.344. The van der Waals surface area contributed by atoms with Gasteiger partial charge in [-0.25, -0.2) is 0 Å². The summed E-state index contributed by atoms with van der Waals surface area (Å²) in [7, 11) is 3.38. The average Bonchev–Trinajstić information content (AvgIpc) is 3.10. The molecule has 4 aromatic rings. The van der Waals surface area contributed by atoms with Gasteiger partial charge in [-0.2, -0.15) is 9.13 Å². The van der Waals surface area contributed by atoms with Crippen molar-refractivity contribution < 1.29 is 18.6 Å². The number of ether oxygens (including phenoxy) is 2. The molecule has 1 aliphatic rings. The molecule has 0 fully saturated rings. The second-order valence-corrected chi connectivity index (χ2v) is 8.64. The van der Waals surface area contributed by atoms with E-state index in [-0.39, 0.29) is 0 Å². The Kier molecular flexibility index (Phi) is 6.71. The number of benzene rings is 2. The highest BCUT2D eigenvalue weighted by Crippen LogP contribution is 2.21. The maximum absolute atomic E-state index is 5.26. The minimum atomic E-state index is 0.869. The minimum absolute atomic E-state index is 0.869. The van der Waals surface area contributed by atoms with Gasteiger partial charge >= 0.3 is 0 Å². The minimum Gasteiger partial charge on any atom is -0.497 e. The first-order chi connectivity index (χ1) is 17.2.